The average Bonchev–Trinajstić information content (AvgIpc) is 2.55. The largest absolute Gasteiger partial charge is 0.437 e. The third kappa shape index (κ3) is 4.31. The first kappa shape index (κ1) is 14.5. The van der Waals surface area contributed by atoms with Crippen LogP contribution in [0.3, 0.4) is 0 Å². The van der Waals surface area contributed by atoms with E-state index >= 15 is 0 Å². The highest BCUT2D eigenvalue weighted by atomic mass is 32.7. The first-order valence-electron chi connectivity index (χ1n) is 5.09. The molecule has 9 heteroatoms. The molecule has 0 saturated heterocycles. The predicted octanol–water partition coefficient (Wildman–Crippen LogP) is 2.02. The molecule has 0 aliphatic rings. The summed E-state index contributed by atoms with van der Waals surface area (Å²) in [4.78, 5) is 11.2. The minimum atomic E-state index is -3.22. The second kappa shape index (κ2) is 6.39. The first-order valence-corrected chi connectivity index (χ1v) is 8.22. The van der Waals surface area contributed by atoms with Crippen LogP contribution in [-0.2, 0) is 19.5 Å². The second-order valence-corrected chi connectivity index (χ2v) is 6.97. The average molecular weight is 282 g/mol. The zero-order valence-corrected chi connectivity index (χ0v) is 11.6. The Labute approximate surface area is 103 Å². The van der Waals surface area contributed by atoms with Gasteiger partial charge in [0.1, 0.15) is 5.88 Å². The van der Waals surface area contributed by atoms with Crippen molar-refractivity contribution in [3.8, 4) is 0 Å². The molecule has 0 atom stereocenters. The van der Waals surface area contributed by atoms with Crippen LogP contribution >= 0.6 is 18.2 Å². The quantitative estimate of drug-likeness (QED) is 0.707. The van der Waals surface area contributed by atoms with E-state index in [1.807, 2.05) is 0 Å². The molecule has 1 aromatic heterocycles. The molecule has 0 radical (unpaired) electrons. The smallest absolute Gasteiger partial charge is 0.393 e. The Hall–Kier alpha value is -0.560. The summed E-state index contributed by atoms with van der Waals surface area (Å²) in [7, 11) is 0. The van der Waals surface area contributed by atoms with Gasteiger partial charge in [0.25, 0.3) is 0 Å². The maximum atomic E-state index is 12.0. The van der Waals surface area contributed by atoms with E-state index in [1.165, 1.54) is 0 Å². The van der Waals surface area contributed by atoms with Crippen molar-refractivity contribution in [1.29, 1.82) is 0 Å². The summed E-state index contributed by atoms with van der Waals surface area (Å²) in [5, 5.41) is 3.82. The van der Waals surface area contributed by atoms with Gasteiger partial charge >= 0.3 is 12.6 Å². The molecule has 0 saturated carbocycles. The van der Waals surface area contributed by atoms with E-state index in [4.69, 9.17) is 13.5 Å². The summed E-state index contributed by atoms with van der Waals surface area (Å²) in [5.74, 6) is -0.263. The number of nitrogens with zero attached hydrogens (tertiary/aromatic N) is 2. The van der Waals surface area contributed by atoms with E-state index in [-0.39, 0.29) is 25.0 Å². The molecule has 0 aliphatic carbocycles. The van der Waals surface area contributed by atoms with Crippen molar-refractivity contribution in [2.75, 3.05) is 13.2 Å². The van der Waals surface area contributed by atoms with Gasteiger partial charge in [0.05, 0.1) is 13.2 Å². The number of rotatable bonds is 7. The van der Waals surface area contributed by atoms with Gasteiger partial charge in [0.2, 0.25) is 5.89 Å². The number of hydrogen-bond donors (Lipinski definition) is 0. The summed E-state index contributed by atoms with van der Waals surface area (Å²) >= 11 is 0.905. The molecule has 1 heterocycles. The van der Waals surface area contributed by atoms with Crippen LogP contribution < -0.4 is 5.76 Å². The maximum absolute atomic E-state index is 12.0. The summed E-state index contributed by atoms with van der Waals surface area (Å²) in [6.45, 7) is 2.33. The molecule has 1 rings (SSSR count). The standard InChI is InChI=1S/C8H15N2O5PS/c1-4-13-16(12,14-5-2)17-6-10-8(11)15-7(3)9-10/h4-6H2,1-3H3. The van der Waals surface area contributed by atoms with E-state index in [0.717, 1.165) is 16.1 Å². The molecule has 0 spiro atoms. The van der Waals surface area contributed by atoms with Crippen LogP contribution in [0.5, 0.6) is 0 Å². The Bertz CT molecular complexity index is 447. The fourth-order valence-corrected chi connectivity index (χ4v) is 4.15. The van der Waals surface area contributed by atoms with Gasteiger partial charge in [-0.05, 0) is 25.2 Å². The van der Waals surface area contributed by atoms with Crippen LogP contribution in [0.25, 0.3) is 0 Å². The van der Waals surface area contributed by atoms with Crippen molar-refractivity contribution in [3.05, 3.63) is 16.4 Å². The monoisotopic (exact) mass is 282 g/mol. The minimum absolute atomic E-state index is 0.0629. The topological polar surface area (TPSA) is 83.6 Å². The Morgan fingerprint density at radius 1 is 1.41 bits per heavy atom. The highest BCUT2D eigenvalue weighted by Gasteiger charge is 2.25. The van der Waals surface area contributed by atoms with Gasteiger partial charge in [-0.15, -0.1) is 5.10 Å². The molecule has 0 N–H and O–H groups in total. The molecule has 0 bridgehead atoms. The summed E-state index contributed by atoms with van der Waals surface area (Å²) < 4.78 is 28.0. The van der Waals surface area contributed by atoms with Gasteiger partial charge in [-0.2, -0.15) is 4.68 Å². The number of hydrogen-bond acceptors (Lipinski definition) is 7. The molecule has 0 amide bonds. The zero-order chi connectivity index (χ0) is 12.9. The Morgan fingerprint density at radius 3 is 2.41 bits per heavy atom. The fourth-order valence-electron chi connectivity index (χ4n) is 1.05. The zero-order valence-electron chi connectivity index (χ0n) is 9.91. The van der Waals surface area contributed by atoms with Gasteiger partial charge in [-0.3, -0.25) is 0 Å². The highest BCUT2D eigenvalue weighted by molar-refractivity contribution is 8.54. The van der Waals surface area contributed by atoms with Crippen molar-refractivity contribution in [1.82, 2.24) is 9.78 Å². The van der Waals surface area contributed by atoms with Crippen molar-refractivity contribution in [2.45, 2.75) is 26.6 Å². The van der Waals surface area contributed by atoms with Crippen molar-refractivity contribution in [2.24, 2.45) is 0 Å². The minimum Gasteiger partial charge on any atom is -0.393 e. The SMILES string of the molecule is CCOP(=O)(OCC)SCn1nc(C)oc1=O. The van der Waals surface area contributed by atoms with Gasteiger partial charge in [0, 0.05) is 6.92 Å². The van der Waals surface area contributed by atoms with Gasteiger partial charge in [0.15, 0.2) is 0 Å². The Morgan fingerprint density at radius 2 is 2.00 bits per heavy atom. The lowest BCUT2D eigenvalue weighted by atomic mass is 10.8. The molecule has 0 unspecified atom stereocenters. The van der Waals surface area contributed by atoms with E-state index in [0.29, 0.717) is 0 Å². The van der Waals surface area contributed by atoms with Gasteiger partial charge < -0.3 is 13.5 Å². The summed E-state index contributed by atoms with van der Waals surface area (Å²) in [6, 6.07) is 0. The Balaban J connectivity index is 2.67. The van der Waals surface area contributed by atoms with Crippen molar-refractivity contribution < 1.29 is 18.0 Å². The molecule has 7 nitrogen and oxygen atoms in total. The lowest BCUT2D eigenvalue weighted by Gasteiger charge is -2.14. The molecular formula is C8H15N2O5PS. The second-order valence-electron chi connectivity index (χ2n) is 2.93. The third-order valence-corrected chi connectivity index (χ3v) is 5.37. The maximum Gasteiger partial charge on any atom is 0.437 e. The molecule has 17 heavy (non-hydrogen) atoms. The van der Waals surface area contributed by atoms with Crippen molar-refractivity contribution >= 4 is 18.2 Å². The molecule has 0 fully saturated rings. The lowest BCUT2D eigenvalue weighted by molar-refractivity contribution is 0.236. The molecular weight excluding hydrogens is 267 g/mol. The highest BCUT2D eigenvalue weighted by Crippen LogP contribution is 2.60. The fraction of sp³-hybridized carbons (Fsp3) is 0.750. The van der Waals surface area contributed by atoms with Crippen LogP contribution in [0.1, 0.15) is 19.7 Å². The normalized spacial score (nSPS) is 11.9. The molecule has 0 aliphatic heterocycles. The Kier molecular flexibility index (Phi) is 5.45. The van der Waals surface area contributed by atoms with Crippen LogP contribution in [-0.4, -0.2) is 23.0 Å². The van der Waals surface area contributed by atoms with Crippen LogP contribution in [0.4, 0.5) is 0 Å². The van der Waals surface area contributed by atoms with E-state index in [9.17, 15) is 9.36 Å². The van der Waals surface area contributed by atoms with Crippen molar-refractivity contribution in [3.63, 3.8) is 0 Å². The summed E-state index contributed by atoms with van der Waals surface area (Å²) in [5.41, 5.74) is 0. The van der Waals surface area contributed by atoms with Crippen LogP contribution in [0.2, 0.25) is 0 Å². The van der Waals surface area contributed by atoms with E-state index < -0.39 is 12.6 Å². The van der Waals surface area contributed by atoms with E-state index in [2.05, 4.69) is 5.10 Å². The van der Waals surface area contributed by atoms with Crippen LogP contribution in [0, 0.1) is 6.92 Å². The van der Waals surface area contributed by atoms with Crippen LogP contribution in [0.15, 0.2) is 9.21 Å². The lowest BCUT2D eigenvalue weighted by Crippen LogP contribution is -2.14. The molecule has 1 aromatic rings. The number of aryl methyl sites for hydroxylation is 1. The number of aromatic nitrogens is 2. The third-order valence-electron chi connectivity index (χ3n) is 1.62. The van der Waals surface area contributed by atoms with Gasteiger partial charge in [-0.25, -0.2) is 9.36 Å². The molecule has 0 aromatic carbocycles. The van der Waals surface area contributed by atoms with E-state index in [1.54, 1.807) is 20.8 Å². The first-order chi connectivity index (χ1) is 8.00. The van der Waals surface area contributed by atoms with Gasteiger partial charge in [-0.1, -0.05) is 0 Å². The molecule has 98 valence electrons. The summed E-state index contributed by atoms with van der Waals surface area (Å²) in [6.07, 6.45) is 0. The predicted molar refractivity (Wildman–Crippen MR) is 63.9 cm³/mol.